The molecule has 2 aromatic rings. The van der Waals surface area contributed by atoms with Gasteiger partial charge in [0.15, 0.2) is 0 Å². The number of nitrogens with one attached hydrogen (secondary N) is 1. The summed E-state index contributed by atoms with van der Waals surface area (Å²) >= 11 is 9.69. The van der Waals surface area contributed by atoms with Gasteiger partial charge in [0.1, 0.15) is 0 Å². The zero-order valence-electron chi connectivity index (χ0n) is 9.16. The van der Waals surface area contributed by atoms with Crippen LogP contribution in [-0.4, -0.2) is 12.0 Å². The smallest absolute Gasteiger partial charge is 0.0794 e. The maximum absolute atomic E-state index is 6.28. The number of hydrogen-bond donors (Lipinski definition) is 1. The van der Waals surface area contributed by atoms with Crippen molar-refractivity contribution in [3.8, 4) is 0 Å². The largest absolute Gasteiger partial charge is 0.312 e. The van der Waals surface area contributed by atoms with E-state index in [1.807, 2.05) is 25.7 Å². The molecule has 0 saturated carbocycles. The molecule has 0 radical (unpaired) electrons. The van der Waals surface area contributed by atoms with Gasteiger partial charge >= 0.3 is 0 Å². The van der Waals surface area contributed by atoms with Crippen molar-refractivity contribution >= 4 is 34.3 Å². The van der Waals surface area contributed by atoms with Crippen LogP contribution in [0.1, 0.15) is 21.4 Å². The Hall–Kier alpha value is -0.420. The minimum absolute atomic E-state index is 0.284. The van der Waals surface area contributed by atoms with Crippen LogP contribution in [0, 0.1) is 6.92 Å². The SMILES string of the molecule is CNC(Cc1cncs1)c1scc(C)c1Cl. The van der Waals surface area contributed by atoms with Crippen molar-refractivity contribution in [1.29, 1.82) is 0 Å². The maximum atomic E-state index is 6.28. The molecule has 0 spiro atoms. The number of rotatable bonds is 4. The summed E-state index contributed by atoms with van der Waals surface area (Å²) in [5.41, 5.74) is 3.02. The Kier molecular flexibility index (Phi) is 3.97. The molecule has 2 aromatic heterocycles. The molecule has 0 aliphatic carbocycles. The number of likely N-dealkylation sites (N-methyl/N-ethyl adjacent to an activating group) is 1. The zero-order chi connectivity index (χ0) is 11.5. The van der Waals surface area contributed by atoms with Gasteiger partial charge in [-0.1, -0.05) is 11.6 Å². The fourth-order valence-corrected chi connectivity index (χ4v) is 3.63. The van der Waals surface area contributed by atoms with E-state index >= 15 is 0 Å². The standard InChI is InChI=1S/C11H13ClN2S2/c1-7-5-15-11(10(7)12)9(13-2)3-8-4-14-6-16-8/h4-6,9,13H,3H2,1-2H3. The van der Waals surface area contributed by atoms with Gasteiger partial charge in [0.2, 0.25) is 0 Å². The third-order valence-corrected chi connectivity index (χ3v) is 5.11. The molecule has 1 atom stereocenters. The Morgan fingerprint density at radius 3 is 2.81 bits per heavy atom. The van der Waals surface area contributed by atoms with Crippen molar-refractivity contribution in [1.82, 2.24) is 10.3 Å². The second kappa shape index (κ2) is 5.27. The topological polar surface area (TPSA) is 24.9 Å². The first-order chi connectivity index (χ1) is 7.72. The van der Waals surface area contributed by atoms with Crippen LogP contribution in [0.2, 0.25) is 5.02 Å². The summed E-state index contributed by atoms with van der Waals surface area (Å²) in [6, 6.07) is 0.284. The molecule has 0 fully saturated rings. The van der Waals surface area contributed by atoms with E-state index in [0.29, 0.717) is 0 Å². The van der Waals surface area contributed by atoms with E-state index in [1.54, 1.807) is 22.7 Å². The number of thiophene rings is 1. The van der Waals surface area contributed by atoms with Crippen LogP contribution in [0.15, 0.2) is 17.1 Å². The molecule has 86 valence electrons. The second-order valence-electron chi connectivity index (χ2n) is 3.61. The third-order valence-electron chi connectivity index (χ3n) is 2.48. The molecule has 0 aliphatic rings. The van der Waals surface area contributed by atoms with E-state index in [2.05, 4.69) is 15.7 Å². The van der Waals surface area contributed by atoms with Gasteiger partial charge < -0.3 is 5.32 Å². The Morgan fingerprint density at radius 1 is 1.50 bits per heavy atom. The predicted octanol–water partition coefficient (Wildman–Crippen LogP) is 3.67. The van der Waals surface area contributed by atoms with Gasteiger partial charge in [0, 0.05) is 28.4 Å². The first kappa shape index (κ1) is 12.0. The molecule has 1 N–H and O–H groups in total. The molecule has 2 heterocycles. The van der Waals surface area contributed by atoms with Crippen LogP contribution >= 0.6 is 34.3 Å². The lowest BCUT2D eigenvalue weighted by Crippen LogP contribution is -2.17. The summed E-state index contributed by atoms with van der Waals surface area (Å²) in [7, 11) is 1.97. The number of aromatic nitrogens is 1. The van der Waals surface area contributed by atoms with Crippen molar-refractivity contribution in [3.63, 3.8) is 0 Å². The fourth-order valence-electron chi connectivity index (χ4n) is 1.55. The van der Waals surface area contributed by atoms with E-state index in [1.165, 1.54) is 9.75 Å². The van der Waals surface area contributed by atoms with E-state index in [0.717, 1.165) is 17.0 Å². The molecule has 2 rings (SSSR count). The van der Waals surface area contributed by atoms with Crippen molar-refractivity contribution in [2.75, 3.05) is 7.05 Å². The molecule has 0 aliphatic heterocycles. The number of halogens is 1. The van der Waals surface area contributed by atoms with Crippen LogP contribution in [0.4, 0.5) is 0 Å². The van der Waals surface area contributed by atoms with Crippen LogP contribution < -0.4 is 5.32 Å². The fraction of sp³-hybridized carbons (Fsp3) is 0.364. The number of nitrogens with zero attached hydrogens (tertiary/aromatic N) is 1. The van der Waals surface area contributed by atoms with E-state index < -0.39 is 0 Å². The predicted molar refractivity (Wildman–Crippen MR) is 71.7 cm³/mol. The highest BCUT2D eigenvalue weighted by atomic mass is 35.5. The molecule has 5 heteroatoms. The summed E-state index contributed by atoms with van der Waals surface area (Å²) in [5.74, 6) is 0. The Balaban J connectivity index is 2.20. The summed E-state index contributed by atoms with van der Waals surface area (Å²) in [6.45, 7) is 2.04. The van der Waals surface area contributed by atoms with Gasteiger partial charge in [0.05, 0.1) is 10.5 Å². The van der Waals surface area contributed by atoms with Crippen LogP contribution in [0.3, 0.4) is 0 Å². The monoisotopic (exact) mass is 272 g/mol. The second-order valence-corrected chi connectivity index (χ2v) is 5.87. The van der Waals surface area contributed by atoms with Crippen molar-refractivity contribution in [2.24, 2.45) is 0 Å². The Bertz CT molecular complexity index is 451. The summed E-state index contributed by atoms with van der Waals surface area (Å²) in [6.07, 6.45) is 2.87. The summed E-state index contributed by atoms with van der Waals surface area (Å²) < 4.78 is 0. The first-order valence-corrected chi connectivity index (χ1v) is 7.14. The molecular formula is C11H13ClN2S2. The van der Waals surface area contributed by atoms with Gasteiger partial charge in [-0.2, -0.15) is 0 Å². The molecule has 0 bridgehead atoms. The third kappa shape index (κ3) is 2.46. The van der Waals surface area contributed by atoms with Gasteiger partial charge in [0.25, 0.3) is 0 Å². The maximum Gasteiger partial charge on any atom is 0.0794 e. The van der Waals surface area contributed by atoms with Gasteiger partial charge in [-0.05, 0) is 24.9 Å². The summed E-state index contributed by atoms with van der Waals surface area (Å²) in [4.78, 5) is 6.59. The molecule has 16 heavy (non-hydrogen) atoms. The van der Waals surface area contributed by atoms with Crippen molar-refractivity contribution < 1.29 is 0 Å². The average molecular weight is 273 g/mol. The summed E-state index contributed by atoms with van der Waals surface area (Å²) in [5, 5.41) is 6.32. The van der Waals surface area contributed by atoms with Crippen LogP contribution in [0.25, 0.3) is 0 Å². The van der Waals surface area contributed by atoms with Crippen LogP contribution in [0.5, 0.6) is 0 Å². The van der Waals surface area contributed by atoms with E-state index in [9.17, 15) is 0 Å². The molecular weight excluding hydrogens is 260 g/mol. The molecule has 2 nitrogen and oxygen atoms in total. The minimum atomic E-state index is 0.284. The normalized spacial score (nSPS) is 12.9. The molecule has 0 saturated heterocycles. The average Bonchev–Trinajstić information content (AvgIpc) is 2.88. The highest BCUT2D eigenvalue weighted by Gasteiger charge is 2.17. The number of hydrogen-bond acceptors (Lipinski definition) is 4. The first-order valence-electron chi connectivity index (χ1n) is 5.00. The Labute approximate surface area is 108 Å². The lowest BCUT2D eigenvalue weighted by atomic mass is 10.1. The quantitative estimate of drug-likeness (QED) is 0.919. The van der Waals surface area contributed by atoms with Gasteiger partial charge in [-0.25, -0.2) is 0 Å². The zero-order valence-corrected chi connectivity index (χ0v) is 11.5. The molecule has 0 amide bonds. The van der Waals surface area contributed by atoms with E-state index in [4.69, 9.17) is 11.6 Å². The van der Waals surface area contributed by atoms with Crippen molar-refractivity contribution in [3.05, 3.63) is 37.4 Å². The van der Waals surface area contributed by atoms with Crippen LogP contribution in [-0.2, 0) is 6.42 Å². The van der Waals surface area contributed by atoms with Crippen molar-refractivity contribution in [2.45, 2.75) is 19.4 Å². The lowest BCUT2D eigenvalue weighted by molar-refractivity contribution is 0.606. The van der Waals surface area contributed by atoms with Gasteiger partial charge in [-0.15, -0.1) is 22.7 Å². The van der Waals surface area contributed by atoms with Gasteiger partial charge in [-0.3, -0.25) is 4.98 Å². The number of thiazole rings is 1. The molecule has 1 unspecified atom stereocenters. The molecule has 0 aromatic carbocycles. The minimum Gasteiger partial charge on any atom is -0.312 e. The van der Waals surface area contributed by atoms with E-state index in [-0.39, 0.29) is 6.04 Å². The highest BCUT2D eigenvalue weighted by molar-refractivity contribution is 7.11. The highest BCUT2D eigenvalue weighted by Crippen LogP contribution is 2.34. The Morgan fingerprint density at radius 2 is 2.31 bits per heavy atom. The number of aryl methyl sites for hydroxylation is 1. The lowest BCUT2D eigenvalue weighted by Gasteiger charge is -2.14.